The van der Waals surface area contributed by atoms with Crippen LogP contribution in [0.5, 0.6) is 0 Å². The topological polar surface area (TPSA) is 139 Å². The molecule has 2 aromatic carbocycles. The first-order valence-corrected chi connectivity index (χ1v) is 10.8. The molecule has 0 saturated heterocycles. The summed E-state index contributed by atoms with van der Waals surface area (Å²) in [5.41, 5.74) is 0.217. The molecule has 180 valence electrons. The van der Waals surface area contributed by atoms with Crippen molar-refractivity contribution in [2.75, 3.05) is 6.61 Å². The van der Waals surface area contributed by atoms with Crippen molar-refractivity contribution in [3.63, 3.8) is 0 Å². The van der Waals surface area contributed by atoms with Crippen LogP contribution in [0.15, 0.2) is 48.5 Å². The zero-order valence-corrected chi connectivity index (χ0v) is 19.2. The lowest BCUT2D eigenvalue weighted by molar-refractivity contribution is -0.164. The summed E-state index contributed by atoms with van der Waals surface area (Å²) in [5, 5.41) is 21.0. The van der Waals surface area contributed by atoms with Crippen molar-refractivity contribution in [3.8, 4) is 11.1 Å². The van der Waals surface area contributed by atoms with Crippen molar-refractivity contribution in [2.24, 2.45) is 0 Å². The lowest BCUT2D eigenvalue weighted by Gasteiger charge is -2.30. The summed E-state index contributed by atoms with van der Waals surface area (Å²) in [6.07, 6.45) is -2.58. The minimum absolute atomic E-state index is 0.190. The van der Waals surface area contributed by atoms with Crippen LogP contribution in [0.25, 0.3) is 11.1 Å². The number of hydrogen-bond donors (Lipinski definition) is 3. The number of nitrogens with one attached hydrogen (secondary N) is 1. The van der Waals surface area contributed by atoms with Crippen LogP contribution >= 0.6 is 0 Å². The fraction of sp³-hybridized carbons (Fsp3) is 0.360. The molecule has 1 aliphatic rings. The number of hydrogen-bond acceptors (Lipinski definition) is 6. The quantitative estimate of drug-likeness (QED) is 0.394. The van der Waals surface area contributed by atoms with E-state index in [0.717, 1.165) is 22.3 Å². The number of carboxylic acid groups (broad SMARTS) is 2. The summed E-state index contributed by atoms with van der Waals surface area (Å²) in [6, 6.07) is 15.2. The van der Waals surface area contributed by atoms with Gasteiger partial charge in [0.05, 0.1) is 0 Å². The Bertz CT molecular complexity index is 1070. The van der Waals surface area contributed by atoms with E-state index in [1.165, 1.54) is 0 Å². The zero-order chi connectivity index (χ0) is 25.1. The molecule has 1 aliphatic carbocycles. The van der Waals surface area contributed by atoms with Crippen molar-refractivity contribution in [1.82, 2.24) is 5.32 Å². The molecule has 1 atom stereocenters. The van der Waals surface area contributed by atoms with E-state index in [9.17, 15) is 24.3 Å². The van der Waals surface area contributed by atoms with Gasteiger partial charge in [0, 0.05) is 18.8 Å². The van der Waals surface area contributed by atoms with Crippen molar-refractivity contribution < 1.29 is 38.9 Å². The highest BCUT2D eigenvalue weighted by Gasteiger charge is 2.50. The number of carbonyl (C=O) groups excluding carboxylic acids is 2. The summed E-state index contributed by atoms with van der Waals surface area (Å²) in [6.45, 7) is 4.52. The largest absolute Gasteiger partial charge is 0.481 e. The molecule has 3 N–H and O–H groups in total. The minimum atomic E-state index is -2.63. The molecule has 0 heterocycles. The molecule has 3 rings (SSSR count). The summed E-state index contributed by atoms with van der Waals surface area (Å²) in [5.74, 6) is -4.68. The number of esters is 1. The van der Waals surface area contributed by atoms with E-state index in [-0.39, 0.29) is 12.5 Å². The van der Waals surface area contributed by atoms with Crippen molar-refractivity contribution in [1.29, 1.82) is 0 Å². The molecule has 0 spiro atoms. The monoisotopic (exact) mass is 469 g/mol. The molecular weight excluding hydrogens is 442 g/mol. The number of rotatable bonds is 8. The van der Waals surface area contributed by atoms with Crippen molar-refractivity contribution in [3.05, 3.63) is 59.7 Å². The Labute approximate surface area is 196 Å². The second-order valence-electron chi connectivity index (χ2n) is 9.06. The van der Waals surface area contributed by atoms with E-state index in [1.54, 1.807) is 20.8 Å². The maximum atomic E-state index is 13.1. The molecule has 0 bridgehead atoms. The smallest absolute Gasteiger partial charge is 0.409 e. The highest BCUT2D eigenvalue weighted by molar-refractivity contribution is 6.06. The molecule has 9 heteroatoms. The van der Waals surface area contributed by atoms with E-state index >= 15 is 0 Å². The number of aliphatic carboxylic acids is 2. The predicted octanol–water partition coefficient (Wildman–Crippen LogP) is 3.56. The summed E-state index contributed by atoms with van der Waals surface area (Å²) < 4.78 is 10.5. The molecule has 0 fully saturated rings. The van der Waals surface area contributed by atoms with Gasteiger partial charge in [0.1, 0.15) is 12.2 Å². The fourth-order valence-electron chi connectivity index (χ4n) is 3.96. The van der Waals surface area contributed by atoms with Crippen LogP contribution in [0.1, 0.15) is 50.7 Å². The Balaban J connectivity index is 1.87. The maximum absolute atomic E-state index is 13.1. The number of ether oxygens (including phenoxy) is 2. The second kappa shape index (κ2) is 9.54. The second-order valence-corrected chi connectivity index (χ2v) is 9.06. The van der Waals surface area contributed by atoms with Gasteiger partial charge < -0.3 is 19.7 Å². The Morgan fingerprint density at radius 3 is 1.91 bits per heavy atom. The van der Waals surface area contributed by atoms with Gasteiger partial charge in [-0.2, -0.15) is 0 Å². The third-order valence-electron chi connectivity index (χ3n) is 5.49. The lowest BCUT2D eigenvalue weighted by Crippen LogP contribution is -2.61. The zero-order valence-electron chi connectivity index (χ0n) is 19.2. The average Bonchev–Trinajstić information content (AvgIpc) is 3.07. The van der Waals surface area contributed by atoms with Crippen LogP contribution in [0.4, 0.5) is 4.79 Å². The molecule has 0 radical (unpaired) electrons. The van der Waals surface area contributed by atoms with Crippen molar-refractivity contribution in [2.45, 2.75) is 50.7 Å². The van der Waals surface area contributed by atoms with E-state index in [0.29, 0.717) is 0 Å². The van der Waals surface area contributed by atoms with Crippen molar-refractivity contribution >= 4 is 24.0 Å². The molecule has 0 unspecified atom stereocenters. The van der Waals surface area contributed by atoms with Gasteiger partial charge in [-0.25, -0.2) is 14.4 Å². The Morgan fingerprint density at radius 2 is 1.44 bits per heavy atom. The van der Waals surface area contributed by atoms with Crippen LogP contribution in [-0.2, 0) is 23.9 Å². The molecule has 34 heavy (non-hydrogen) atoms. The third-order valence-corrected chi connectivity index (χ3v) is 5.49. The maximum Gasteiger partial charge on any atom is 0.409 e. The first-order chi connectivity index (χ1) is 15.9. The molecule has 0 aromatic heterocycles. The molecule has 0 aliphatic heterocycles. The first-order valence-electron chi connectivity index (χ1n) is 10.8. The molecule has 2 aromatic rings. The van der Waals surface area contributed by atoms with E-state index in [1.807, 2.05) is 48.5 Å². The average molecular weight is 469 g/mol. The molecular formula is C25H27NO8. The Morgan fingerprint density at radius 1 is 0.912 bits per heavy atom. The lowest BCUT2D eigenvalue weighted by atomic mass is 9.93. The van der Waals surface area contributed by atoms with Crippen LogP contribution < -0.4 is 5.32 Å². The number of fused-ring (bicyclic) bond motifs is 3. The number of carbonyl (C=O) groups is 4. The van der Waals surface area contributed by atoms with Crippen LogP contribution in [0.2, 0.25) is 0 Å². The summed E-state index contributed by atoms with van der Waals surface area (Å²) >= 11 is 0. The van der Waals surface area contributed by atoms with Gasteiger partial charge in [-0.15, -0.1) is 0 Å². The van der Waals surface area contributed by atoms with Gasteiger partial charge >= 0.3 is 24.0 Å². The number of benzene rings is 2. The van der Waals surface area contributed by atoms with E-state index in [2.05, 4.69) is 5.32 Å². The number of carboxylic acids is 2. The normalized spacial score (nSPS) is 14.3. The van der Waals surface area contributed by atoms with Gasteiger partial charge in [0.25, 0.3) is 0 Å². The Hall–Kier alpha value is -3.88. The van der Waals surface area contributed by atoms with Crippen LogP contribution in [-0.4, -0.2) is 52.0 Å². The van der Waals surface area contributed by atoms with Gasteiger partial charge in [0.2, 0.25) is 5.54 Å². The number of alkyl carbamates (subject to hydrolysis) is 1. The van der Waals surface area contributed by atoms with E-state index in [4.69, 9.17) is 14.6 Å². The minimum Gasteiger partial charge on any atom is -0.481 e. The third kappa shape index (κ3) is 5.19. The SMILES string of the molecule is CC(C)(C)OC(=O)N[C@@](CCC(=O)O)(C(=O)O)C(=O)OCC1c2ccccc2-c2ccccc21. The standard InChI is InChI=1S/C25H27NO8/c1-24(2,3)34-23(32)26-25(21(29)30,13-12-20(27)28)22(31)33-14-19-17-10-6-4-8-15(17)16-9-5-7-11-18(16)19/h4-11,19H,12-14H2,1-3H3,(H,26,32)(H,27,28)(H,29,30)/t25-/m0/s1. The molecule has 0 saturated carbocycles. The molecule has 9 nitrogen and oxygen atoms in total. The Kier molecular flexibility index (Phi) is 6.95. The molecule has 1 amide bonds. The summed E-state index contributed by atoms with van der Waals surface area (Å²) in [4.78, 5) is 48.9. The summed E-state index contributed by atoms with van der Waals surface area (Å²) in [7, 11) is 0. The van der Waals surface area contributed by atoms with Gasteiger partial charge in [0.15, 0.2) is 0 Å². The highest BCUT2D eigenvalue weighted by Crippen LogP contribution is 2.44. The van der Waals surface area contributed by atoms with Gasteiger partial charge in [-0.05, 0) is 43.0 Å². The number of amides is 1. The van der Waals surface area contributed by atoms with E-state index < -0.39 is 48.0 Å². The van der Waals surface area contributed by atoms with Crippen LogP contribution in [0, 0.1) is 0 Å². The van der Waals surface area contributed by atoms with Crippen LogP contribution in [0.3, 0.4) is 0 Å². The first kappa shape index (κ1) is 24.8. The fourth-order valence-corrected chi connectivity index (χ4v) is 3.96. The predicted molar refractivity (Wildman–Crippen MR) is 121 cm³/mol. The van der Waals surface area contributed by atoms with Gasteiger partial charge in [-0.1, -0.05) is 48.5 Å². The van der Waals surface area contributed by atoms with Gasteiger partial charge in [-0.3, -0.25) is 10.1 Å². The highest BCUT2D eigenvalue weighted by atomic mass is 16.6.